The highest BCUT2D eigenvalue weighted by Crippen LogP contribution is 2.52. The summed E-state index contributed by atoms with van der Waals surface area (Å²) in [5.74, 6) is 1.48. The predicted molar refractivity (Wildman–Crippen MR) is 84.6 cm³/mol. The summed E-state index contributed by atoms with van der Waals surface area (Å²) in [6, 6.07) is 0. The molecule has 0 amide bonds. The first-order valence-corrected chi connectivity index (χ1v) is 8.34. The van der Waals surface area contributed by atoms with E-state index in [0.717, 1.165) is 42.1 Å². The molecule has 1 aliphatic carbocycles. The van der Waals surface area contributed by atoms with Crippen molar-refractivity contribution in [3.05, 3.63) is 11.8 Å². The zero-order valence-corrected chi connectivity index (χ0v) is 13.8. The molecule has 0 radical (unpaired) electrons. The molecule has 0 saturated heterocycles. The molecule has 0 aromatic carbocycles. The van der Waals surface area contributed by atoms with Gasteiger partial charge in [0.2, 0.25) is 5.95 Å². The fourth-order valence-corrected chi connectivity index (χ4v) is 3.31. The molecule has 1 N–H and O–H groups in total. The molecule has 6 heteroatoms. The Labute approximate surface area is 130 Å². The molecule has 1 aliphatic rings. The van der Waals surface area contributed by atoms with Gasteiger partial charge in [-0.3, -0.25) is 4.79 Å². The van der Waals surface area contributed by atoms with E-state index in [4.69, 9.17) is 4.74 Å². The minimum atomic E-state index is -0.113. The number of methoxy groups -OCH3 is 1. The zero-order valence-electron chi connectivity index (χ0n) is 12.9. The van der Waals surface area contributed by atoms with Gasteiger partial charge in [-0.25, -0.2) is 9.97 Å². The van der Waals surface area contributed by atoms with E-state index in [2.05, 4.69) is 22.2 Å². The monoisotopic (exact) mass is 309 g/mol. The molecule has 1 aromatic rings. The van der Waals surface area contributed by atoms with Gasteiger partial charge in [0.15, 0.2) is 0 Å². The summed E-state index contributed by atoms with van der Waals surface area (Å²) in [6.45, 7) is 5.01. The Kier molecular flexibility index (Phi) is 5.45. The van der Waals surface area contributed by atoms with Gasteiger partial charge in [0.25, 0.3) is 0 Å². The summed E-state index contributed by atoms with van der Waals surface area (Å²) in [7, 11) is 1.45. The second-order valence-electron chi connectivity index (χ2n) is 5.65. The van der Waals surface area contributed by atoms with Gasteiger partial charge in [-0.05, 0) is 37.2 Å². The number of anilines is 1. The third-order valence-electron chi connectivity index (χ3n) is 3.68. The summed E-state index contributed by atoms with van der Waals surface area (Å²) in [5, 5.41) is 4.21. The van der Waals surface area contributed by atoms with E-state index in [1.807, 2.05) is 13.1 Å². The minimum Gasteiger partial charge on any atom is -0.469 e. The molecule has 5 nitrogen and oxygen atoms in total. The molecule has 116 valence electrons. The molecule has 0 bridgehead atoms. The van der Waals surface area contributed by atoms with Crippen LogP contribution in [0.1, 0.15) is 38.2 Å². The van der Waals surface area contributed by atoms with Crippen LogP contribution in [0.25, 0.3) is 0 Å². The van der Waals surface area contributed by atoms with Crippen molar-refractivity contribution in [1.29, 1.82) is 0 Å². The molecular weight excluding hydrogens is 286 g/mol. The molecule has 0 aliphatic heterocycles. The van der Waals surface area contributed by atoms with Crippen molar-refractivity contribution < 1.29 is 9.53 Å². The first kappa shape index (κ1) is 16.1. The van der Waals surface area contributed by atoms with Crippen LogP contribution in [0.5, 0.6) is 0 Å². The van der Waals surface area contributed by atoms with Crippen molar-refractivity contribution in [1.82, 2.24) is 9.97 Å². The van der Waals surface area contributed by atoms with Gasteiger partial charge in [-0.1, -0.05) is 6.92 Å². The number of nitrogens with zero attached hydrogens (tertiary/aromatic N) is 2. The van der Waals surface area contributed by atoms with Gasteiger partial charge in [0.1, 0.15) is 5.03 Å². The van der Waals surface area contributed by atoms with Crippen molar-refractivity contribution in [3.8, 4) is 0 Å². The van der Waals surface area contributed by atoms with Gasteiger partial charge >= 0.3 is 5.97 Å². The van der Waals surface area contributed by atoms with Crippen molar-refractivity contribution in [2.24, 2.45) is 5.41 Å². The van der Waals surface area contributed by atoms with Crippen LogP contribution in [-0.4, -0.2) is 35.3 Å². The number of rotatable bonds is 8. The Morgan fingerprint density at radius 1 is 1.52 bits per heavy atom. The number of carbonyl (C=O) groups excluding carboxylic acids is 1. The summed E-state index contributed by atoms with van der Waals surface area (Å²) < 4.78 is 4.78. The number of nitrogens with one attached hydrogen (secondary N) is 1. The van der Waals surface area contributed by atoms with E-state index in [0.29, 0.717) is 12.4 Å². The first-order valence-electron chi connectivity index (χ1n) is 7.36. The third-order valence-corrected chi connectivity index (χ3v) is 5.12. The molecule has 0 atom stereocenters. The average Bonchev–Trinajstić information content (AvgIpc) is 3.24. The Morgan fingerprint density at radius 3 is 2.90 bits per heavy atom. The lowest BCUT2D eigenvalue weighted by Crippen LogP contribution is -2.13. The Balaban J connectivity index is 1.94. The number of carbonyl (C=O) groups is 1. The highest BCUT2D eigenvalue weighted by molar-refractivity contribution is 7.99. The maximum Gasteiger partial charge on any atom is 0.306 e. The fourth-order valence-electron chi connectivity index (χ4n) is 2.04. The molecule has 0 unspecified atom stereocenters. The number of aryl methyl sites for hydroxylation is 1. The highest BCUT2D eigenvalue weighted by atomic mass is 32.2. The van der Waals surface area contributed by atoms with E-state index in [1.165, 1.54) is 7.11 Å². The number of ether oxygens (including phenoxy) is 1. The normalized spacial score (nSPS) is 15.6. The van der Waals surface area contributed by atoms with Gasteiger partial charge in [0, 0.05) is 18.5 Å². The predicted octanol–water partition coefficient (Wildman–Crippen LogP) is 3.04. The topological polar surface area (TPSA) is 64.1 Å². The zero-order chi connectivity index (χ0) is 15.3. The van der Waals surface area contributed by atoms with Crippen LogP contribution in [0.4, 0.5) is 5.95 Å². The maximum absolute atomic E-state index is 11.5. The summed E-state index contributed by atoms with van der Waals surface area (Å²) in [4.78, 5) is 20.3. The molecule has 1 aromatic heterocycles. The lowest BCUT2D eigenvalue weighted by Gasteiger charge is -2.14. The fraction of sp³-hybridized carbons (Fsp3) is 0.667. The van der Waals surface area contributed by atoms with Crippen LogP contribution in [0.15, 0.2) is 11.2 Å². The average molecular weight is 309 g/mol. The van der Waals surface area contributed by atoms with Gasteiger partial charge in [-0.2, -0.15) is 0 Å². The molecule has 1 heterocycles. The molecule has 1 saturated carbocycles. The van der Waals surface area contributed by atoms with Gasteiger partial charge in [0.05, 0.1) is 13.5 Å². The first-order chi connectivity index (χ1) is 10.1. The lowest BCUT2D eigenvalue weighted by atomic mass is 10.1. The smallest absolute Gasteiger partial charge is 0.306 e. The van der Waals surface area contributed by atoms with Crippen LogP contribution >= 0.6 is 11.8 Å². The Bertz CT molecular complexity index is 504. The summed E-state index contributed by atoms with van der Waals surface area (Å²) >= 11 is 1.72. The van der Waals surface area contributed by atoms with Crippen LogP contribution in [0, 0.1) is 12.3 Å². The standard InChI is InChI=1S/C15H23N3O2S/c1-4-7-16-14-17-9-11(2)13(18-14)21-10-15(5-6-15)8-12(19)20-3/h9H,4-8,10H2,1-3H3,(H,16,17,18). The van der Waals surface area contributed by atoms with Crippen molar-refractivity contribution in [3.63, 3.8) is 0 Å². The van der Waals surface area contributed by atoms with E-state index >= 15 is 0 Å². The SMILES string of the molecule is CCCNc1ncc(C)c(SCC2(CC(=O)OC)CC2)n1. The van der Waals surface area contributed by atoms with E-state index in [1.54, 1.807) is 11.8 Å². The van der Waals surface area contributed by atoms with Crippen LogP contribution in [-0.2, 0) is 9.53 Å². The van der Waals surface area contributed by atoms with E-state index in [-0.39, 0.29) is 11.4 Å². The quantitative estimate of drug-likeness (QED) is 0.452. The van der Waals surface area contributed by atoms with Gasteiger partial charge < -0.3 is 10.1 Å². The van der Waals surface area contributed by atoms with Crippen molar-refractivity contribution >= 4 is 23.7 Å². The van der Waals surface area contributed by atoms with Crippen molar-refractivity contribution in [2.75, 3.05) is 24.7 Å². The number of hydrogen-bond donors (Lipinski definition) is 1. The van der Waals surface area contributed by atoms with Gasteiger partial charge in [-0.15, -0.1) is 11.8 Å². The second-order valence-corrected chi connectivity index (χ2v) is 6.61. The molecule has 21 heavy (non-hydrogen) atoms. The number of hydrogen-bond acceptors (Lipinski definition) is 6. The minimum absolute atomic E-state index is 0.113. The van der Waals surface area contributed by atoms with Crippen molar-refractivity contribution in [2.45, 2.75) is 44.6 Å². The van der Waals surface area contributed by atoms with Crippen LogP contribution in [0.3, 0.4) is 0 Å². The number of thioether (sulfide) groups is 1. The highest BCUT2D eigenvalue weighted by Gasteiger charge is 2.44. The summed E-state index contributed by atoms with van der Waals surface area (Å²) in [6.07, 6.45) is 5.61. The lowest BCUT2D eigenvalue weighted by molar-refractivity contribution is -0.141. The van der Waals surface area contributed by atoms with Crippen LogP contribution in [0.2, 0.25) is 0 Å². The molecule has 2 rings (SSSR count). The third kappa shape index (κ3) is 4.59. The largest absolute Gasteiger partial charge is 0.469 e. The number of aromatic nitrogens is 2. The molecule has 0 spiro atoms. The number of esters is 1. The van der Waals surface area contributed by atoms with Crippen LogP contribution < -0.4 is 5.32 Å². The van der Waals surface area contributed by atoms with E-state index < -0.39 is 0 Å². The van der Waals surface area contributed by atoms with E-state index in [9.17, 15) is 4.79 Å². The molecule has 1 fully saturated rings. The Morgan fingerprint density at radius 2 is 2.29 bits per heavy atom. The Hall–Kier alpha value is -1.30. The maximum atomic E-state index is 11.5. The summed E-state index contributed by atoms with van der Waals surface area (Å²) in [5.41, 5.74) is 1.20. The second kappa shape index (κ2) is 7.11. The molecular formula is C15H23N3O2S.